The highest BCUT2D eigenvalue weighted by Crippen LogP contribution is 2.18. The molecule has 2 N–H and O–H groups in total. The number of carboxylic acid groups (broad SMARTS) is 1. The highest BCUT2D eigenvalue weighted by atomic mass is 16.4. The highest BCUT2D eigenvalue weighted by molar-refractivity contribution is 5.88. The van der Waals surface area contributed by atoms with Gasteiger partial charge in [0.15, 0.2) is 11.6 Å². The Kier molecular flexibility index (Phi) is 2.96. The summed E-state index contributed by atoms with van der Waals surface area (Å²) in [6.07, 6.45) is 1.68. The summed E-state index contributed by atoms with van der Waals surface area (Å²) in [5.74, 6) is 0.117. The molecule has 0 saturated carbocycles. The van der Waals surface area contributed by atoms with E-state index in [1.807, 2.05) is 18.2 Å². The quantitative estimate of drug-likeness (QED) is 0.758. The zero-order valence-corrected chi connectivity index (χ0v) is 10.3. The number of rotatable bonds is 3. The van der Waals surface area contributed by atoms with E-state index < -0.39 is 5.97 Å². The molecule has 98 valence electrons. The summed E-state index contributed by atoms with van der Waals surface area (Å²) in [6.45, 7) is 0. The molecule has 0 aliphatic heterocycles. The maximum Gasteiger partial charge on any atom is 0.335 e. The van der Waals surface area contributed by atoms with E-state index in [1.165, 1.54) is 12.1 Å². The molecule has 20 heavy (non-hydrogen) atoms. The van der Waals surface area contributed by atoms with Crippen molar-refractivity contribution < 1.29 is 9.90 Å². The van der Waals surface area contributed by atoms with Crippen LogP contribution in [0.15, 0.2) is 48.7 Å². The third-order valence-corrected chi connectivity index (χ3v) is 2.78. The molecule has 6 nitrogen and oxygen atoms in total. The molecule has 6 heteroatoms. The number of hydrogen-bond donors (Lipinski definition) is 2. The van der Waals surface area contributed by atoms with Crippen molar-refractivity contribution in [2.75, 3.05) is 0 Å². The van der Waals surface area contributed by atoms with Crippen molar-refractivity contribution in [3.63, 3.8) is 0 Å². The molecule has 0 amide bonds. The first kappa shape index (κ1) is 12.0. The molecule has 0 spiro atoms. The number of H-pyrrole nitrogens is 1. The van der Waals surface area contributed by atoms with Gasteiger partial charge >= 0.3 is 5.97 Å². The zero-order valence-electron chi connectivity index (χ0n) is 10.3. The van der Waals surface area contributed by atoms with Crippen molar-refractivity contribution in [2.24, 2.45) is 0 Å². The van der Waals surface area contributed by atoms with Crippen LogP contribution in [0.4, 0.5) is 0 Å². The number of carboxylic acids is 1. The number of aromatic nitrogens is 4. The van der Waals surface area contributed by atoms with E-state index >= 15 is 0 Å². The molecule has 2 aromatic heterocycles. The Balaban J connectivity index is 1.92. The third kappa shape index (κ3) is 2.26. The van der Waals surface area contributed by atoms with Gasteiger partial charge in [0.25, 0.3) is 0 Å². The van der Waals surface area contributed by atoms with Gasteiger partial charge in [-0.2, -0.15) is 5.10 Å². The van der Waals surface area contributed by atoms with Crippen molar-refractivity contribution >= 4 is 5.97 Å². The Morgan fingerprint density at radius 1 is 1.10 bits per heavy atom. The minimum absolute atomic E-state index is 0.231. The lowest BCUT2D eigenvalue weighted by Gasteiger charge is -1.96. The molecule has 3 aromatic rings. The number of hydrogen-bond acceptors (Lipinski definition) is 4. The molecule has 0 unspecified atom stereocenters. The molecule has 0 fully saturated rings. The Morgan fingerprint density at radius 2 is 1.90 bits per heavy atom. The number of nitrogens with one attached hydrogen (secondary N) is 1. The summed E-state index contributed by atoms with van der Waals surface area (Å²) in [7, 11) is 0. The summed E-state index contributed by atoms with van der Waals surface area (Å²) in [5.41, 5.74) is 1.68. The SMILES string of the molecule is O=C(O)c1ccc(-c2n[nH]c(-c3ccccn3)n2)cc1. The van der Waals surface area contributed by atoms with Crippen LogP contribution in [0.1, 0.15) is 10.4 Å². The van der Waals surface area contributed by atoms with Crippen LogP contribution >= 0.6 is 0 Å². The van der Waals surface area contributed by atoms with Crippen molar-refractivity contribution in [3.05, 3.63) is 54.2 Å². The Hall–Kier alpha value is -3.02. The van der Waals surface area contributed by atoms with Gasteiger partial charge in [0, 0.05) is 11.8 Å². The number of carbonyl (C=O) groups is 1. The molecule has 0 saturated heterocycles. The summed E-state index contributed by atoms with van der Waals surface area (Å²) in [5, 5.41) is 15.8. The molecule has 0 aliphatic carbocycles. The van der Waals surface area contributed by atoms with Gasteiger partial charge in [-0.3, -0.25) is 10.1 Å². The second-order valence-corrected chi connectivity index (χ2v) is 4.11. The Labute approximate surface area is 114 Å². The first-order valence-electron chi connectivity index (χ1n) is 5.91. The smallest absolute Gasteiger partial charge is 0.335 e. The van der Waals surface area contributed by atoms with Crippen molar-refractivity contribution in [1.82, 2.24) is 20.2 Å². The molecular weight excluding hydrogens is 256 g/mol. The average molecular weight is 266 g/mol. The van der Waals surface area contributed by atoms with Gasteiger partial charge in [-0.15, -0.1) is 0 Å². The van der Waals surface area contributed by atoms with Crippen LogP contribution < -0.4 is 0 Å². The molecule has 3 rings (SSSR count). The first-order chi connectivity index (χ1) is 9.74. The number of aromatic carboxylic acids is 1. The van der Waals surface area contributed by atoms with E-state index in [4.69, 9.17) is 5.11 Å². The van der Waals surface area contributed by atoms with Gasteiger partial charge in [-0.1, -0.05) is 18.2 Å². The van der Waals surface area contributed by atoms with Gasteiger partial charge in [-0.25, -0.2) is 9.78 Å². The van der Waals surface area contributed by atoms with Crippen molar-refractivity contribution in [2.45, 2.75) is 0 Å². The monoisotopic (exact) mass is 266 g/mol. The van der Waals surface area contributed by atoms with Crippen LogP contribution in [0.5, 0.6) is 0 Å². The van der Waals surface area contributed by atoms with Crippen molar-refractivity contribution in [3.8, 4) is 22.9 Å². The van der Waals surface area contributed by atoms with E-state index in [9.17, 15) is 4.79 Å². The predicted octanol–water partition coefficient (Wildman–Crippen LogP) is 2.23. The van der Waals surface area contributed by atoms with E-state index in [-0.39, 0.29) is 5.56 Å². The second kappa shape index (κ2) is 4.93. The number of pyridine rings is 1. The molecular formula is C14H10N4O2. The lowest BCUT2D eigenvalue weighted by atomic mass is 10.1. The van der Waals surface area contributed by atoms with Crippen molar-refractivity contribution in [1.29, 1.82) is 0 Å². The first-order valence-corrected chi connectivity index (χ1v) is 5.91. The third-order valence-electron chi connectivity index (χ3n) is 2.78. The standard InChI is InChI=1S/C14H10N4O2/c19-14(20)10-6-4-9(5-7-10)12-16-13(18-17-12)11-3-1-2-8-15-11/h1-8H,(H,19,20)(H,16,17,18). The molecule has 0 radical (unpaired) electrons. The van der Waals surface area contributed by atoms with Gasteiger partial charge in [0.05, 0.1) is 5.56 Å². The average Bonchev–Trinajstić information content (AvgIpc) is 2.98. The lowest BCUT2D eigenvalue weighted by molar-refractivity contribution is 0.0697. The van der Waals surface area contributed by atoms with E-state index in [1.54, 1.807) is 18.3 Å². The van der Waals surface area contributed by atoms with Crippen LogP contribution in [0.2, 0.25) is 0 Å². The van der Waals surface area contributed by atoms with Crippen LogP contribution in [-0.2, 0) is 0 Å². The summed E-state index contributed by atoms with van der Waals surface area (Å²) in [6, 6.07) is 11.9. The summed E-state index contributed by atoms with van der Waals surface area (Å²) >= 11 is 0. The fourth-order valence-corrected chi connectivity index (χ4v) is 1.77. The van der Waals surface area contributed by atoms with Gasteiger partial charge in [-0.05, 0) is 24.3 Å². The maximum atomic E-state index is 10.8. The van der Waals surface area contributed by atoms with E-state index in [2.05, 4.69) is 20.2 Å². The fourth-order valence-electron chi connectivity index (χ4n) is 1.77. The minimum Gasteiger partial charge on any atom is -0.478 e. The molecule has 2 heterocycles. The summed E-state index contributed by atoms with van der Waals surface area (Å²) in [4.78, 5) is 19.3. The largest absolute Gasteiger partial charge is 0.478 e. The number of benzene rings is 1. The predicted molar refractivity (Wildman–Crippen MR) is 72.0 cm³/mol. The van der Waals surface area contributed by atoms with Crippen LogP contribution in [0, 0.1) is 0 Å². The zero-order chi connectivity index (χ0) is 13.9. The van der Waals surface area contributed by atoms with Crippen LogP contribution in [0.25, 0.3) is 22.9 Å². The van der Waals surface area contributed by atoms with Crippen LogP contribution in [-0.4, -0.2) is 31.2 Å². The fraction of sp³-hybridized carbons (Fsp3) is 0. The normalized spacial score (nSPS) is 10.4. The minimum atomic E-state index is -0.958. The Morgan fingerprint density at radius 3 is 2.55 bits per heavy atom. The van der Waals surface area contributed by atoms with Gasteiger partial charge in [0.2, 0.25) is 0 Å². The van der Waals surface area contributed by atoms with Crippen LogP contribution in [0.3, 0.4) is 0 Å². The van der Waals surface area contributed by atoms with Gasteiger partial charge < -0.3 is 5.11 Å². The lowest BCUT2D eigenvalue weighted by Crippen LogP contribution is -1.95. The molecule has 0 bridgehead atoms. The molecule has 1 aromatic carbocycles. The topological polar surface area (TPSA) is 91.8 Å². The second-order valence-electron chi connectivity index (χ2n) is 4.11. The maximum absolute atomic E-state index is 10.8. The molecule has 0 aliphatic rings. The Bertz CT molecular complexity index is 735. The van der Waals surface area contributed by atoms with E-state index in [0.717, 1.165) is 5.56 Å². The molecule has 0 atom stereocenters. The number of nitrogens with zero attached hydrogens (tertiary/aromatic N) is 3. The van der Waals surface area contributed by atoms with E-state index in [0.29, 0.717) is 17.3 Å². The summed E-state index contributed by atoms with van der Waals surface area (Å²) < 4.78 is 0. The van der Waals surface area contributed by atoms with Gasteiger partial charge in [0.1, 0.15) is 5.69 Å². The highest BCUT2D eigenvalue weighted by Gasteiger charge is 2.09. The number of aromatic amines is 1.